The maximum Gasteiger partial charge on any atom is 0.225 e. The first-order chi connectivity index (χ1) is 15.2. The third-order valence-electron chi connectivity index (χ3n) is 6.20. The van der Waals surface area contributed by atoms with Crippen LogP contribution in [0.2, 0.25) is 0 Å². The van der Waals surface area contributed by atoms with Crippen molar-refractivity contribution in [1.29, 1.82) is 0 Å². The number of methoxy groups -OCH3 is 1. The van der Waals surface area contributed by atoms with Crippen molar-refractivity contribution in [2.75, 3.05) is 25.1 Å². The van der Waals surface area contributed by atoms with E-state index in [0.29, 0.717) is 6.42 Å². The summed E-state index contributed by atoms with van der Waals surface area (Å²) in [6, 6.07) is 7.54. The molecular formula is C25H34N4O3. The van der Waals surface area contributed by atoms with E-state index in [-0.39, 0.29) is 29.6 Å². The second-order valence-corrected chi connectivity index (χ2v) is 9.93. The molecule has 1 saturated heterocycles. The monoisotopic (exact) mass is 438 g/mol. The molecule has 172 valence electrons. The number of nitrogens with one attached hydrogen (secondary N) is 1. The average Bonchev–Trinajstić information content (AvgIpc) is 2.71. The Kier molecular flexibility index (Phi) is 6.38. The first-order valence-corrected chi connectivity index (χ1v) is 11.4. The number of aromatic nitrogens is 2. The molecule has 0 saturated carbocycles. The van der Waals surface area contributed by atoms with Crippen molar-refractivity contribution in [3.05, 3.63) is 47.3 Å². The number of carbonyl (C=O) groups is 1. The normalized spacial score (nSPS) is 24.5. The Labute approximate surface area is 190 Å². The highest BCUT2D eigenvalue weighted by Gasteiger charge is 2.35. The average molecular weight is 439 g/mol. The number of rotatable bonds is 5. The molecule has 0 radical (unpaired) electrons. The maximum absolute atomic E-state index is 12.9. The molecule has 1 aromatic carbocycles. The minimum atomic E-state index is -0.0940. The van der Waals surface area contributed by atoms with Crippen LogP contribution in [0, 0.1) is 5.41 Å². The predicted molar refractivity (Wildman–Crippen MR) is 124 cm³/mol. The molecule has 2 aromatic rings. The van der Waals surface area contributed by atoms with Gasteiger partial charge in [0.2, 0.25) is 11.9 Å². The van der Waals surface area contributed by atoms with Crippen LogP contribution in [-0.4, -0.2) is 48.3 Å². The Balaban J connectivity index is 1.52. The van der Waals surface area contributed by atoms with Gasteiger partial charge >= 0.3 is 0 Å². The van der Waals surface area contributed by atoms with Gasteiger partial charge < -0.3 is 19.7 Å². The molecule has 3 atom stereocenters. The van der Waals surface area contributed by atoms with Gasteiger partial charge in [0.25, 0.3) is 0 Å². The van der Waals surface area contributed by atoms with Crippen LogP contribution in [0.25, 0.3) is 0 Å². The van der Waals surface area contributed by atoms with Gasteiger partial charge in [-0.3, -0.25) is 4.79 Å². The molecule has 4 rings (SSSR count). The number of carbonyl (C=O) groups excluding carboxylic acids is 1. The molecule has 1 aliphatic carbocycles. The fourth-order valence-electron chi connectivity index (χ4n) is 4.87. The number of benzene rings is 1. The van der Waals surface area contributed by atoms with Crippen LogP contribution in [0.3, 0.4) is 0 Å². The van der Waals surface area contributed by atoms with Gasteiger partial charge in [-0.25, -0.2) is 9.97 Å². The third kappa shape index (κ3) is 5.21. The Hall–Kier alpha value is -2.67. The van der Waals surface area contributed by atoms with Crippen molar-refractivity contribution in [2.24, 2.45) is 5.41 Å². The van der Waals surface area contributed by atoms with Crippen molar-refractivity contribution in [3.8, 4) is 5.75 Å². The topological polar surface area (TPSA) is 76.6 Å². The summed E-state index contributed by atoms with van der Waals surface area (Å²) in [6.07, 6.45) is 4.25. The van der Waals surface area contributed by atoms with Crippen LogP contribution >= 0.6 is 0 Å². The van der Waals surface area contributed by atoms with Crippen LogP contribution in [0.4, 0.5) is 5.95 Å². The van der Waals surface area contributed by atoms with E-state index < -0.39 is 0 Å². The minimum absolute atomic E-state index is 0.00758. The Morgan fingerprint density at radius 3 is 2.75 bits per heavy atom. The molecular weight excluding hydrogens is 404 g/mol. The fourth-order valence-corrected chi connectivity index (χ4v) is 4.87. The summed E-state index contributed by atoms with van der Waals surface area (Å²) in [5.41, 5.74) is 3.03. The molecule has 1 amide bonds. The number of hydrogen-bond acceptors (Lipinski definition) is 6. The van der Waals surface area contributed by atoms with E-state index in [1.165, 1.54) is 0 Å². The van der Waals surface area contributed by atoms with Crippen LogP contribution in [-0.2, 0) is 22.4 Å². The molecule has 1 aliphatic heterocycles. The number of morpholine rings is 1. The van der Waals surface area contributed by atoms with Crippen molar-refractivity contribution in [3.63, 3.8) is 0 Å². The number of amides is 1. The fraction of sp³-hybridized carbons (Fsp3) is 0.560. The zero-order valence-corrected chi connectivity index (χ0v) is 19.7. The second-order valence-electron chi connectivity index (χ2n) is 9.93. The van der Waals surface area contributed by atoms with E-state index in [0.717, 1.165) is 54.4 Å². The zero-order valence-electron chi connectivity index (χ0n) is 19.7. The third-order valence-corrected chi connectivity index (χ3v) is 6.20. The molecule has 32 heavy (non-hydrogen) atoms. The summed E-state index contributed by atoms with van der Waals surface area (Å²) in [5.74, 6) is 1.50. The lowest BCUT2D eigenvalue weighted by Crippen LogP contribution is -2.46. The van der Waals surface area contributed by atoms with E-state index in [2.05, 4.69) is 42.9 Å². The molecule has 0 unspecified atom stereocenters. The van der Waals surface area contributed by atoms with Crippen LogP contribution < -0.4 is 15.0 Å². The summed E-state index contributed by atoms with van der Waals surface area (Å²) in [7, 11) is 1.63. The van der Waals surface area contributed by atoms with Gasteiger partial charge in [-0.05, 0) is 49.8 Å². The van der Waals surface area contributed by atoms with Crippen LogP contribution in [0.15, 0.2) is 30.5 Å². The lowest BCUT2D eigenvalue weighted by atomic mass is 9.74. The van der Waals surface area contributed by atoms with Crippen LogP contribution in [0.5, 0.6) is 5.75 Å². The molecule has 1 N–H and O–H groups in total. The molecule has 1 fully saturated rings. The molecule has 2 heterocycles. The Bertz CT molecular complexity index is 967. The number of hydrogen-bond donors (Lipinski definition) is 1. The first-order valence-electron chi connectivity index (χ1n) is 11.4. The van der Waals surface area contributed by atoms with Gasteiger partial charge in [0.1, 0.15) is 5.75 Å². The number of ether oxygens (including phenoxy) is 2. The number of fused-ring (bicyclic) bond motifs is 1. The van der Waals surface area contributed by atoms with Gasteiger partial charge in [-0.15, -0.1) is 0 Å². The van der Waals surface area contributed by atoms with Crippen molar-refractivity contribution < 1.29 is 14.3 Å². The van der Waals surface area contributed by atoms with Crippen LogP contribution in [0.1, 0.15) is 57.0 Å². The highest BCUT2D eigenvalue weighted by molar-refractivity contribution is 5.79. The Morgan fingerprint density at radius 1 is 1.28 bits per heavy atom. The van der Waals surface area contributed by atoms with E-state index in [4.69, 9.17) is 14.5 Å². The first kappa shape index (κ1) is 22.5. The maximum atomic E-state index is 12.9. The highest BCUT2D eigenvalue weighted by Crippen LogP contribution is 2.40. The van der Waals surface area contributed by atoms with Gasteiger partial charge in [-0.2, -0.15) is 0 Å². The summed E-state index contributed by atoms with van der Waals surface area (Å²) < 4.78 is 11.1. The minimum Gasteiger partial charge on any atom is -0.497 e. The smallest absolute Gasteiger partial charge is 0.225 e. The quantitative estimate of drug-likeness (QED) is 0.770. The van der Waals surface area contributed by atoms with Crippen molar-refractivity contribution in [1.82, 2.24) is 15.3 Å². The SMILES string of the molecule is COc1cccc(CC(=O)N[C@H]2CC(C)(C)Cc3nc(N4C[C@@H](C)O[C@@H](C)C4)ncc32)c1. The van der Waals surface area contributed by atoms with Gasteiger partial charge in [-0.1, -0.05) is 26.0 Å². The van der Waals surface area contributed by atoms with Crippen molar-refractivity contribution in [2.45, 2.75) is 65.2 Å². The summed E-state index contributed by atoms with van der Waals surface area (Å²) in [6.45, 7) is 10.2. The van der Waals surface area contributed by atoms with Gasteiger partial charge in [0.05, 0.1) is 37.5 Å². The molecule has 2 aliphatic rings. The summed E-state index contributed by atoms with van der Waals surface area (Å²) in [5, 5.41) is 3.24. The largest absolute Gasteiger partial charge is 0.497 e. The highest BCUT2D eigenvalue weighted by atomic mass is 16.5. The molecule has 0 bridgehead atoms. The van der Waals surface area contributed by atoms with E-state index in [9.17, 15) is 4.79 Å². The second kappa shape index (κ2) is 9.06. The number of anilines is 1. The van der Waals surface area contributed by atoms with E-state index in [1.54, 1.807) is 7.11 Å². The zero-order chi connectivity index (χ0) is 22.9. The molecule has 7 heteroatoms. The lowest BCUT2D eigenvalue weighted by Gasteiger charge is -2.38. The van der Waals surface area contributed by atoms with E-state index in [1.807, 2.05) is 30.5 Å². The van der Waals surface area contributed by atoms with Gasteiger partial charge in [0, 0.05) is 24.8 Å². The predicted octanol–water partition coefficient (Wildman–Crippen LogP) is 3.47. The standard InChI is InChI=1S/C25H34N4O3/c1-16-14-29(15-17(2)32-16)24-26-13-20-21(11-25(3,4)12-22(20)28-24)27-23(30)10-18-7-6-8-19(9-18)31-5/h6-9,13,16-17,21H,10-12,14-15H2,1-5H3,(H,27,30)/t16-,17+,21-/m0/s1. The molecule has 7 nitrogen and oxygen atoms in total. The lowest BCUT2D eigenvalue weighted by molar-refractivity contribution is -0.121. The molecule has 1 aromatic heterocycles. The van der Waals surface area contributed by atoms with E-state index >= 15 is 0 Å². The summed E-state index contributed by atoms with van der Waals surface area (Å²) in [4.78, 5) is 24.7. The molecule has 0 spiro atoms. The van der Waals surface area contributed by atoms with Crippen molar-refractivity contribution >= 4 is 11.9 Å². The number of nitrogens with zero attached hydrogens (tertiary/aromatic N) is 3. The summed E-state index contributed by atoms with van der Waals surface area (Å²) >= 11 is 0. The van der Waals surface area contributed by atoms with Gasteiger partial charge in [0.15, 0.2) is 0 Å². The Morgan fingerprint density at radius 2 is 2.03 bits per heavy atom.